The van der Waals surface area contributed by atoms with Crippen molar-refractivity contribution in [1.29, 1.82) is 0 Å². The number of halogens is 1. The number of hydrogen-bond donors (Lipinski definition) is 3. The van der Waals surface area contributed by atoms with Gasteiger partial charge in [-0.15, -0.1) is 17.5 Å². The first-order chi connectivity index (χ1) is 5.71. The number of hydrogen-bond acceptors (Lipinski definition) is 5. The summed E-state index contributed by atoms with van der Waals surface area (Å²) in [7, 11) is 0. The van der Waals surface area contributed by atoms with Gasteiger partial charge in [0.15, 0.2) is 0 Å². The Labute approximate surface area is 79.9 Å². The average molecular weight is 205 g/mol. The second kappa shape index (κ2) is 3.27. The lowest BCUT2D eigenvalue weighted by Gasteiger charge is -2.05. The van der Waals surface area contributed by atoms with Crippen LogP contribution in [-0.4, -0.2) is 32.1 Å². The van der Waals surface area contributed by atoms with E-state index >= 15 is 0 Å². The third-order valence-corrected chi connectivity index (χ3v) is 1.81. The highest BCUT2D eigenvalue weighted by atomic mass is 35.5. The van der Waals surface area contributed by atoms with E-state index in [1.165, 1.54) is 0 Å². The molecule has 1 aliphatic rings. The minimum Gasteiger partial charge on any atom is -0.317 e. The SMILES string of the molecule is Cl.NC1(C(=O)Nc2nn[nH]n2)CC1. The van der Waals surface area contributed by atoms with Crippen LogP contribution in [0.3, 0.4) is 0 Å². The van der Waals surface area contributed by atoms with Crippen LogP contribution < -0.4 is 11.1 Å². The number of carbonyl (C=O) groups excluding carboxylic acids is 1. The predicted molar refractivity (Wildman–Crippen MR) is 46.2 cm³/mol. The number of nitrogens with zero attached hydrogens (tertiary/aromatic N) is 3. The summed E-state index contributed by atoms with van der Waals surface area (Å²) in [4.78, 5) is 11.2. The molecule has 0 aliphatic heterocycles. The Morgan fingerprint density at radius 2 is 2.31 bits per heavy atom. The molecule has 1 amide bonds. The minimum absolute atomic E-state index is 0. The summed E-state index contributed by atoms with van der Waals surface area (Å²) >= 11 is 0. The first-order valence-electron chi connectivity index (χ1n) is 3.54. The van der Waals surface area contributed by atoms with Gasteiger partial charge in [-0.25, -0.2) is 0 Å². The number of rotatable bonds is 2. The van der Waals surface area contributed by atoms with E-state index in [0.717, 1.165) is 12.8 Å². The lowest BCUT2D eigenvalue weighted by atomic mass is 10.3. The first kappa shape index (κ1) is 9.87. The van der Waals surface area contributed by atoms with Crippen LogP contribution in [0.4, 0.5) is 5.95 Å². The molecule has 7 nitrogen and oxygen atoms in total. The van der Waals surface area contributed by atoms with Gasteiger partial charge in [0.05, 0.1) is 5.54 Å². The molecule has 0 saturated heterocycles. The number of aromatic nitrogens is 4. The number of carbonyl (C=O) groups is 1. The van der Waals surface area contributed by atoms with Gasteiger partial charge >= 0.3 is 0 Å². The number of nitrogens with one attached hydrogen (secondary N) is 2. The van der Waals surface area contributed by atoms with Crippen LogP contribution >= 0.6 is 12.4 Å². The van der Waals surface area contributed by atoms with Crippen molar-refractivity contribution in [3.63, 3.8) is 0 Å². The van der Waals surface area contributed by atoms with Gasteiger partial charge in [-0.05, 0) is 18.1 Å². The Hall–Kier alpha value is -1.21. The number of nitrogens with two attached hydrogens (primary N) is 1. The third-order valence-electron chi connectivity index (χ3n) is 1.81. The maximum atomic E-state index is 11.2. The zero-order valence-electron chi connectivity index (χ0n) is 6.65. The smallest absolute Gasteiger partial charge is 0.269 e. The van der Waals surface area contributed by atoms with Crippen LogP contribution in [0.5, 0.6) is 0 Å². The topological polar surface area (TPSA) is 110 Å². The summed E-state index contributed by atoms with van der Waals surface area (Å²) in [6.45, 7) is 0. The lowest BCUT2D eigenvalue weighted by Crippen LogP contribution is -2.38. The van der Waals surface area contributed by atoms with Crippen LogP contribution in [0, 0.1) is 0 Å². The fourth-order valence-electron chi connectivity index (χ4n) is 0.803. The molecule has 13 heavy (non-hydrogen) atoms. The van der Waals surface area contributed by atoms with Crippen molar-refractivity contribution in [2.75, 3.05) is 5.32 Å². The molecule has 0 atom stereocenters. The fraction of sp³-hybridized carbons (Fsp3) is 0.600. The molecule has 1 heterocycles. The van der Waals surface area contributed by atoms with Crippen LogP contribution in [0.15, 0.2) is 0 Å². The molecular weight excluding hydrogens is 196 g/mol. The molecule has 1 saturated carbocycles. The van der Waals surface area contributed by atoms with Gasteiger partial charge in [-0.1, -0.05) is 5.10 Å². The lowest BCUT2D eigenvalue weighted by molar-refractivity contribution is -0.118. The molecule has 1 aliphatic carbocycles. The molecule has 0 radical (unpaired) electrons. The quantitative estimate of drug-likeness (QED) is 0.576. The van der Waals surface area contributed by atoms with Crippen molar-refractivity contribution in [3.8, 4) is 0 Å². The van der Waals surface area contributed by atoms with Gasteiger partial charge in [-0.2, -0.15) is 5.21 Å². The fourth-order valence-corrected chi connectivity index (χ4v) is 0.803. The van der Waals surface area contributed by atoms with Crippen molar-refractivity contribution >= 4 is 24.3 Å². The van der Waals surface area contributed by atoms with Crippen LogP contribution in [0.1, 0.15) is 12.8 Å². The van der Waals surface area contributed by atoms with E-state index in [9.17, 15) is 4.79 Å². The van der Waals surface area contributed by atoms with E-state index in [1.54, 1.807) is 0 Å². The number of anilines is 1. The average Bonchev–Trinajstić information content (AvgIpc) is 2.63. The van der Waals surface area contributed by atoms with E-state index in [-0.39, 0.29) is 24.3 Å². The molecule has 4 N–H and O–H groups in total. The standard InChI is InChI=1S/C5H8N6O.ClH/c6-5(1-2-5)3(12)7-4-8-10-11-9-4;/h1-2,6H2,(H2,7,8,9,10,11,12);1H. The van der Waals surface area contributed by atoms with Crippen LogP contribution in [0.2, 0.25) is 0 Å². The number of tetrazole rings is 1. The zero-order valence-corrected chi connectivity index (χ0v) is 7.47. The molecule has 1 aromatic rings. The zero-order chi connectivity index (χ0) is 8.60. The van der Waals surface area contributed by atoms with Crippen molar-refractivity contribution in [1.82, 2.24) is 20.6 Å². The van der Waals surface area contributed by atoms with Crippen molar-refractivity contribution in [2.24, 2.45) is 5.73 Å². The molecule has 0 bridgehead atoms. The highest BCUT2D eigenvalue weighted by Gasteiger charge is 2.46. The van der Waals surface area contributed by atoms with Gasteiger partial charge in [0, 0.05) is 0 Å². The Morgan fingerprint density at radius 3 is 2.77 bits per heavy atom. The number of amides is 1. The summed E-state index contributed by atoms with van der Waals surface area (Å²) in [6.07, 6.45) is 1.44. The van der Waals surface area contributed by atoms with Gasteiger partial charge in [0.25, 0.3) is 5.95 Å². The van der Waals surface area contributed by atoms with E-state index in [1.807, 2.05) is 0 Å². The van der Waals surface area contributed by atoms with Crippen LogP contribution in [0.25, 0.3) is 0 Å². The third kappa shape index (κ3) is 1.93. The first-order valence-corrected chi connectivity index (χ1v) is 3.54. The number of H-pyrrole nitrogens is 1. The van der Waals surface area contributed by atoms with Crippen molar-refractivity contribution in [3.05, 3.63) is 0 Å². The Kier molecular flexibility index (Phi) is 2.48. The monoisotopic (exact) mass is 204 g/mol. The summed E-state index contributed by atoms with van der Waals surface area (Å²) in [5.41, 5.74) is 4.91. The van der Waals surface area contributed by atoms with E-state index in [0.29, 0.717) is 0 Å². The Morgan fingerprint density at radius 1 is 1.62 bits per heavy atom. The second-order valence-corrected chi connectivity index (χ2v) is 2.85. The Balaban J connectivity index is 0.000000845. The van der Waals surface area contributed by atoms with Crippen LogP contribution in [-0.2, 0) is 4.79 Å². The molecular formula is C5H9ClN6O. The molecule has 2 rings (SSSR count). The maximum Gasteiger partial charge on any atom is 0.269 e. The van der Waals surface area contributed by atoms with Gasteiger partial charge in [0.2, 0.25) is 5.91 Å². The van der Waals surface area contributed by atoms with E-state index in [2.05, 4.69) is 25.9 Å². The predicted octanol–water partition coefficient (Wildman–Crippen LogP) is -0.949. The van der Waals surface area contributed by atoms with Crippen molar-refractivity contribution < 1.29 is 4.79 Å². The van der Waals surface area contributed by atoms with Gasteiger partial charge in [-0.3, -0.25) is 10.1 Å². The summed E-state index contributed by atoms with van der Waals surface area (Å²) in [6, 6.07) is 0. The molecule has 0 aromatic carbocycles. The largest absolute Gasteiger partial charge is 0.317 e. The highest BCUT2D eigenvalue weighted by Crippen LogP contribution is 2.32. The van der Waals surface area contributed by atoms with E-state index in [4.69, 9.17) is 5.73 Å². The summed E-state index contributed by atoms with van der Waals surface area (Å²) in [5, 5.41) is 15.1. The molecule has 1 aromatic heterocycles. The van der Waals surface area contributed by atoms with Crippen molar-refractivity contribution in [2.45, 2.75) is 18.4 Å². The normalized spacial score (nSPS) is 17.3. The number of aromatic amines is 1. The molecule has 1 fully saturated rings. The van der Waals surface area contributed by atoms with E-state index < -0.39 is 5.54 Å². The maximum absolute atomic E-state index is 11.2. The second-order valence-electron chi connectivity index (χ2n) is 2.85. The highest BCUT2D eigenvalue weighted by molar-refractivity contribution is 5.98. The molecule has 8 heteroatoms. The molecule has 0 spiro atoms. The molecule has 72 valence electrons. The minimum atomic E-state index is -0.694. The Bertz CT molecular complexity index is 294. The molecule has 0 unspecified atom stereocenters. The summed E-state index contributed by atoms with van der Waals surface area (Å²) in [5.74, 6) is -0.0828. The van der Waals surface area contributed by atoms with Gasteiger partial charge in [0.1, 0.15) is 0 Å². The van der Waals surface area contributed by atoms with Gasteiger partial charge < -0.3 is 5.73 Å². The summed E-state index contributed by atoms with van der Waals surface area (Å²) < 4.78 is 0.